The number of hydrogen-bond acceptors (Lipinski definition) is 3. The highest BCUT2D eigenvalue weighted by Gasteiger charge is 2.07. The Morgan fingerprint density at radius 1 is 1.17 bits per heavy atom. The summed E-state index contributed by atoms with van der Waals surface area (Å²) in [5.74, 6) is 0.695. The second kappa shape index (κ2) is 5.63. The third kappa shape index (κ3) is 3.18. The molecule has 0 aliphatic carbocycles. The van der Waals surface area contributed by atoms with Crippen LogP contribution in [0.25, 0.3) is 10.6 Å². The topological polar surface area (TPSA) is 38.9 Å². The first-order valence-electron chi connectivity index (χ1n) is 6.37. The van der Waals surface area contributed by atoms with Gasteiger partial charge >= 0.3 is 0 Å². The number of hydrogen-bond donors (Lipinski definition) is 1. The maximum atomic E-state index is 5.85. The van der Waals surface area contributed by atoms with Crippen molar-refractivity contribution in [3.05, 3.63) is 40.9 Å². The summed E-state index contributed by atoms with van der Waals surface area (Å²) >= 11 is 1.68. The third-order valence-electron chi connectivity index (χ3n) is 2.82. The molecule has 0 radical (unpaired) electrons. The van der Waals surface area contributed by atoms with E-state index in [0.29, 0.717) is 5.92 Å². The lowest BCUT2D eigenvalue weighted by Gasteiger charge is -2.05. The molecular formula is C15H20N2S. The Morgan fingerprint density at radius 3 is 2.33 bits per heavy atom. The summed E-state index contributed by atoms with van der Waals surface area (Å²) in [6.07, 6.45) is 3.01. The molecule has 1 aromatic heterocycles. The Morgan fingerprint density at radius 2 is 1.83 bits per heavy atom. The fraction of sp³-hybridized carbons (Fsp3) is 0.400. The molecular weight excluding hydrogens is 240 g/mol. The van der Waals surface area contributed by atoms with Crippen LogP contribution in [-0.2, 0) is 6.42 Å². The first-order valence-corrected chi connectivity index (χ1v) is 7.18. The SMILES string of the molecule is CC(C)Cc1ccc(-c2ncc(C(C)N)s2)cc1. The molecule has 1 aromatic carbocycles. The predicted molar refractivity (Wildman–Crippen MR) is 78.7 cm³/mol. The van der Waals surface area contributed by atoms with Crippen molar-refractivity contribution >= 4 is 11.3 Å². The fourth-order valence-electron chi connectivity index (χ4n) is 1.89. The second-order valence-corrected chi connectivity index (χ2v) is 6.21. The molecule has 0 amide bonds. The van der Waals surface area contributed by atoms with Gasteiger partial charge in [-0.3, -0.25) is 0 Å². The fourth-order valence-corrected chi connectivity index (χ4v) is 2.76. The number of nitrogens with zero attached hydrogens (tertiary/aromatic N) is 1. The number of benzene rings is 1. The van der Waals surface area contributed by atoms with Crippen LogP contribution in [-0.4, -0.2) is 4.98 Å². The van der Waals surface area contributed by atoms with Gasteiger partial charge in [0.2, 0.25) is 0 Å². The van der Waals surface area contributed by atoms with Gasteiger partial charge in [0.15, 0.2) is 0 Å². The summed E-state index contributed by atoms with van der Waals surface area (Å²) in [5, 5.41) is 1.05. The van der Waals surface area contributed by atoms with Gasteiger partial charge in [0.25, 0.3) is 0 Å². The molecule has 1 unspecified atom stereocenters. The van der Waals surface area contributed by atoms with Crippen molar-refractivity contribution in [3.8, 4) is 10.6 Å². The number of nitrogens with two attached hydrogens (primary N) is 1. The van der Waals surface area contributed by atoms with Gasteiger partial charge in [-0.2, -0.15) is 0 Å². The third-order valence-corrected chi connectivity index (χ3v) is 4.06. The van der Waals surface area contributed by atoms with Gasteiger partial charge in [0.05, 0.1) is 0 Å². The zero-order chi connectivity index (χ0) is 13.1. The number of aromatic nitrogens is 1. The predicted octanol–water partition coefficient (Wildman–Crippen LogP) is 4.03. The van der Waals surface area contributed by atoms with Gasteiger partial charge in [0.1, 0.15) is 5.01 Å². The zero-order valence-corrected chi connectivity index (χ0v) is 12.0. The molecule has 2 rings (SSSR count). The number of thiazole rings is 1. The minimum absolute atomic E-state index is 0.0662. The maximum Gasteiger partial charge on any atom is 0.123 e. The largest absolute Gasteiger partial charge is 0.323 e. The van der Waals surface area contributed by atoms with Crippen molar-refractivity contribution < 1.29 is 0 Å². The average Bonchev–Trinajstić information content (AvgIpc) is 2.78. The van der Waals surface area contributed by atoms with Gasteiger partial charge in [-0.1, -0.05) is 38.1 Å². The van der Waals surface area contributed by atoms with E-state index >= 15 is 0 Å². The normalized spacial score (nSPS) is 12.9. The maximum absolute atomic E-state index is 5.85. The molecule has 0 bridgehead atoms. The van der Waals surface area contributed by atoms with Crippen LogP contribution < -0.4 is 5.73 Å². The van der Waals surface area contributed by atoms with E-state index < -0.39 is 0 Å². The highest BCUT2D eigenvalue weighted by atomic mass is 32.1. The van der Waals surface area contributed by atoms with Crippen molar-refractivity contribution in [2.45, 2.75) is 33.2 Å². The highest BCUT2D eigenvalue weighted by molar-refractivity contribution is 7.15. The van der Waals surface area contributed by atoms with Gasteiger partial charge in [0, 0.05) is 22.7 Å². The molecule has 1 atom stereocenters. The van der Waals surface area contributed by atoms with Gasteiger partial charge in [-0.05, 0) is 24.8 Å². The van der Waals surface area contributed by atoms with Gasteiger partial charge in [-0.15, -0.1) is 11.3 Å². The van der Waals surface area contributed by atoms with E-state index in [0.717, 1.165) is 16.3 Å². The zero-order valence-electron chi connectivity index (χ0n) is 11.2. The lowest BCUT2D eigenvalue weighted by Crippen LogP contribution is -2.01. The van der Waals surface area contributed by atoms with Crippen molar-refractivity contribution in [2.75, 3.05) is 0 Å². The minimum atomic E-state index is 0.0662. The lowest BCUT2D eigenvalue weighted by atomic mass is 10.0. The van der Waals surface area contributed by atoms with E-state index in [1.165, 1.54) is 11.1 Å². The van der Waals surface area contributed by atoms with E-state index in [9.17, 15) is 0 Å². The van der Waals surface area contributed by atoms with Crippen molar-refractivity contribution in [3.63, 3.8) is 0 Å². The molecule has 0 fully saturated rings. The highest BCUT2D eigenvalue weighted by Crippen LogP contribution is 2.28. The van der Waals surface area contributed by atoms with Gasteiger partial charge < -0.3 is 5.73 Å². The van der Waals surface area contributed by atoms with Crippen LogP contribution in [0.5, 0.6) is 0 Å². The van der Waals surface area contributed by atoms with Crippen LogP contribution in [0.15, 0.2) is 30.5 Å². The summed E-state index contributed by atoms with van der Waals surface area (Å²) in [7, 11) is 0. The Balaban J connectivity index is 2.17. The van der Waals surface area contributed by atoms with Crippen LogP contribution in [0.1, 0.15) is 37.3 Å². The van der Waals surface area contributed by atoms with Crippen LogP contribution >= 0.6 is 11.3 Å². The Bertz CT molecular complexity index is 497. The minimum Gasteiger partial charge on any atom is -0.323 e. The molecule has 0 aliphatic rings. The summed E-state index contributed by atoms with van der Waals surface area (Å²) in [6, 6.07) is 8.77. The summed E-state index contributed by atoms with van der Waals surface area (Å²) in [5.41, 5.74) is 8.42. The molecule has 2 nitrogen and oxygen atoms in total. The second-order valence-electron chi connectivity index (χ2n) is 5.15. The summed E-state index contributed by atoms with van der Waals surface area (Å²) < 4.78 is 0. The quantitative estimate of drug-likeness (QED) is 0.901. The molecule has 3 heteroatoms. The van der Waals surface area contributed by atoms with E-state index in [2.05, 4.69) is 43.1 Å². The van der Waals surface area contributed by atoms with Gasteiger partial charge in [-0.25, -0.2) is 4.98 Å². The molecule has 2 aromatic rings. The summed E-state index contributed by atoms with van der Waals surface area (Å²) in [6.45, 7) is 6.47. The lowest BCUT2D eigenvalue weighted by molar-refractivity contribution is 0.647. The van der Waals surface area contributed by atoms with Crippen LogP contribution in [0.3, 0.4) is 0 Å². The van der Waals surface area contributed by atoms with Crippen LogP contribution in [0.2, 0.25) is 0 Å². The molecule has 18 heavy (non-hydrogen) atoms. The van der Waals surface area contributed by atoms with Crippen molar-refractivity contribution in [2.24, 2.45) is 11.7 Å². The Labute approximate surface area is 113 Å². The summed E-state index contributed by atoms with van der Waals surface area (Å²) in [4.78, 5) is 5.57. The smallest absolute Gasteiger partial charge is 0.123 e. The standard InChI is InChI=1S/C15H20N2S/c1-10(2)8-12-4-6-13(7-5-12)15-17-9-14(18-15)11(3)16/h4-7,9-11H,8,16H2,1-3H3. The Hall–Kier alpha value is -1.19. The van der Waals surface area contributed by atoms with Crippen LogP contribution in [0.4, 0.5) is 0 Å². The van der Waals surface area contributed by atoms with E-state index in [4.69, 9.17) is 5.73 Å². The number of rotatable bonds is 4. The van der Waals surface area contributed by atoms with Crippen LogP contribution in [0, 0.1) is 5.92 Å². The van der Waals surface area contributed by atoms with E-state index in [-0.39, 0.29) is 6.04 Å². The average molecular weight is 260 g/mol. The molecule has 96 valence electrons. The van der Waals surface area contributed by atoms with Crippen molar-refractivity contribution in [1.82, 2.24) is 4.98 Å². The van der Waals surface area contributed by atoms with Crippen molar-refractivity contribution in [1.29, 1.82) is 0 Å². The molecule has 0 saturated carbocycles. The van der Waals surface area contributed by atoms with E-state index in [1.54, 1.807) is 11.3 Å². The first kappa shape index (κ1) is 13.2. The molecule has 1 heterocycles. The van der Waals surface area contributed by atoms with E-state index in [1.807, 2.05) is 13.1 Å². The molecule has 0 aliphatic heterocycles. The molecule has 0 spiro atoms. The monoisotopic (exact) mass is 260 g/mol. The first-order chi connectivity index (χ1) is 8.56. The Kier molecular flexibility index (Phi) is 4.15. The molecule has 2 N–H and O–H groups in total. The molecule has 0 saturated heterocycles.